The molecule has 1 saturated heterocycles. The highest BCUT2D eigenvalue weighted by molar-refractivity contribution is 5.64. The minimum absolute atomic E-state index is 0.321. The topological polar surface area (TPSA) is 61.3 Å². The van der Waals surface area contributed by atoms with Crippen molar-refractivity contribution in [2.75, 3.05) is 19.6 Å². The highest BCUT2D eigenvalue weighted by Gasteiger charge is 2.20. The Morgan fingerprint density at radius 3 is 2.84 bits per heavy atom. The number of rotatable bonds is 8. The molecule has 0 saturated carbocycles. The molecule has 0 amide bonds. The van der Waals surface area contributed by atoms with Gasteiger partial charge in [-0.05, 0) is 67.1 Å². The maximum atomic E-state index is 9.64. The third-order valence-electron chi connectivity index (χ3n) is 6.39. The van der Waals surface area contributed by atoms with Crippen molar-refractivity contribution in [2.24, 2.45) is 0 Å². The van der Waals surface area contributed by atoms with Crippen molar-refractivity contribution < 1.29 is 5.11 Å². The maximum absolute atomic E-state index is 9.64. The van der Waals surface area contributed by atoms with Gasteiger partial charge >= 0.3 is 0 Å². The minimum Gasteiger partial charge on any atom is -0.508 e. The number of benzene rings is 2. The molecule has 0 radical (unpaired) electrons. The largest absolute Gasteiger partial charge is 0.508 e. The SMILES string of the molecule is CCC1CNCCN1Cc1ccc(C)c(-c2ccnc(CCCc3cccc(O)c3)n2)c1. The lowest BCUT2D eigenvalue weighted by molar-refractivity contribution is 0.149. The molecule has 0 spiro atoms. The van der Waals surface area contributed by atoms with Gasteiger partial charge in [0.2, 0.25) is 0 Å². The Balaban J connectivity index is 1.45. The molecule has 1 aliphatic rings. The lowest BCUT2D eigenvalue weighted by Gasteiger charge is -2.35. The van der Waals surface area contributed by atoms with E-state index in [4.69, 9.17) is 4.98 Å². The van der Waals surface area contributed by atoms with Gasteiger partial charge in [-0.1, -0.05) is 31.2 Å². The zero-order valence-corrected chi connectivity index (χ0v) is 19.2. The molecule has 1 aliphatic heterocycles. The van der Waals surface area contributed by atoms with E-state index in [1.807, 2.05) is 30.5 Å². The predicted octanol–water partition coefficient (Wildman–Crippen LogP) is 4.52. The average Bonchev–Trinajstić information content (AvgIpc) is 2.81. The summed E-state index contributed by atoms with van der Waals surface area (Å²) in [6.45, 7) is 8.64. The average molecular weight is 431 g/mol. The molecular formula is C27H34N4O. The summed E-state index contributed by atoms with van der Waals surface area (Å²) in [5, 5.41) is 13.2. The lowest BCUT2D eigenvalue weighted by Crippen LogP contribution is -2.50. The smallest absolute Gasteiger partial charge is 0.128 e. The van der Waals surface area contributed by atoms with Gasteiger partial charge in [-0.3, -0.25) is 4.90 Å². The molecule has 0 aliphatic carbocycles. The third-order valence-corrected chi connectivity index (χ3v) is 6.39. The van der Waals surface area contributed by atoms with Gasteiger partial charge in [-0.2, -0.15) is 0 Å². The molecule has 1 fully saturated rings. The summed E-state index contributed by atoms with van der Waals surface area (Å²) in [6, 6.07) is 16.9. The Labute approximate surface area is 191 Å². The molecule has 2 N–H and O–H groups in total. The van der Waals surface area contributed by atoms with Gasteiger partial charge < -0.3 is 10.4 Å². The first kappa shape index (κ1) is 22.4. The zero-order valence-electron chi connectivity index (χ0n) is 19.2. The second kappa shape index (κ2) is 10.7. The van der Waals surface area contributed by atoms with Crippen LogP contribution < -0.4 is 5.32 Å². The summed E-state index contributed by atoms with van der Waals surface area (Å²) in [5.41, 5.74) is 5.92. The Morgan fingerprint density at radius 1 is 1.09 bits per heavy atom. The molecule has 2 aromatic carbocycles. The summed E-state index contributed by atoms with van der Waals surface area (Å²) in [4.78, 5) is 12.0. The number of hydrogen-bond acceptors (Lipinski definition) is 5. The van der Waals surface area contributed by atoms with Crippen molar-refractivity contribution in [2.45, 2.75) is 52.1 Å². The molecular weight excluding hydrogens is 396 g/mol. The van der Waals surface area contributed by atoms with E-state index >= 15 is 0 Å². The molecule has 4 rings (SSSR count). The highest BCUT2D eigenvalue weighted by Crippen LogP contribution is 2.25. The number of aromatic hydroxyl groups is 1. The number of aryl methyl sites for hydroxylation is 3. The van der Waals surface area contributed by atoms with Crippen LogP contribution in [0.5, 0.6) is 5.75 Å². The number of aromatic nitrogens is 2. The molecule has 1 unspecified atom stereocenters. The maximum Gasteiger partial charge on any atom is 0.128 e. The van der Waals surface area contributed by atoms with Crippen molar-refractivity contribution in [3.63, 3.8) is 0 Å². The molecule has 168 valence electrons. The van der Waals surface area contributed by atoms with Crippen LogP contribution in [0.25, 0.3) is 11.3 Å². The number of nitrogens with one attached hydrogen (secondary N) is 1. The minimum atomic E-state index is 0.321. The Bertz CT molecular complexity index is 1040. The molecule has 1 aromatic heterocycles. The first-order valence-corrected chi connectivity index (χ1v) is 11.8. The summed E-state index contributed by atoms with van der Waals surface area (Å²) < 4.78 is 0. The summed E-state index contributed by atoms with van der Waals surface area (Å²) >= 11 is 0. The van der Waals surface area contributed by atoms with Crippen molar-refractivity contribution in [1.82, 2.24) is 20.2 Å². The number of piperazine rings is 1. The Kier molecular flexibility index (Phi) is 7.51. The first-order valence-electron chi connectivity index (χ1n) is 11.8. The van der Waals surface area contributed by atoms with Gasteiger partial charge in [0.05, 0.1) is 5.69 Å². The number of phenols is 1. The van der Waals surface area contributed by atoms with E-state index in [-0.39, 0.29) is 0 Å². The van der Waals surface area contributed by atoms with Crippen molar-refractivity contribution in [1.29, 1.82) is 0 Å². The van der Waals surface area contributed by atoms with E-state index in [9.17, 15) is 5.11 Å². The summed E-state index contributed by atoms with van der Waals surface area (Å²) in [7, 11) is 0. The van der Waals surface area contributed by atoms with Crippen LogP contribution in [0.4, 0.5) is 0 Å². The van der Waals surface area contributed by atoms with Crippen LogP contribution in [-0.2, 0) is 19.4 Å². The molecule has 3 aromatic rings. The Morgan fingerprint density at radius 2 is 2.00 bits per heavy atom. The second-order valence-corrected chi connectivity index (χ2v) is 8.77. The summed E-state index contributed by atoms with van der Waals surface area (Å²) in [6.07, 6.45) is 5.72. The molecule has 1 atom stereocenters. The lowest BCUT2D eigenvalue weighted by atomic mass is 10.0. The molecule has 32 heavy (non-hydrogen) atoms. The monoisotopic (exact) mass is 430 g/mol. The third kappa shape index (κ3) is 5.72. The second-order valence-electron chi connectivity index (χ2n) is 8.77. The normalized spacial score (nSPS) is 16.9. The molecule has 0 bridgehead atoms. The quantitative estimate of drug-likeness (QED) is 0.550. The van der Waals surface area contributed by atoms with Gasteiger partial charge in [0.1, 0.15) is 11.6 Å². The molecule has 5 heteroatoms. The zero-order chi connectivity index (χ0) is 22.3. The van der Waals surface area contributed by atoms with Gasteiger partial charge in [0.15, 0.2) is 0 Å². The van der Waals surface area contributed by atoms with Crippen molar-refractivity contribution in [3.8, 4) is 17.0 Å². The fraction of sp³-hybridized carbons (Fsp3) is 0.407. The van der Waals surface area contributed by atoms with Crippen LogP contribution in [0.1, 0.15) is 42.3 Å². The van der Waals surface area contributed by atoms with Gasteiger partial charge in [-0.25, -0.2) is 9.97 Å². The predicted molar refractivity (Wildman–Crippen MR) is 130 cm³/mol. The number of nitrogens with zero attached hydrogens (tertiary/aromatic N) is 3. The van der Waals surface area contributed by atoms with Crippen LogP contribution in [0.15, 0.2) is 54.7 Å². The summed E-state index contributed by atoms with van der Waals surface area (Å²) in [5.74, 6) is 1.20. The van der Waals surface area contributed by atoms with Crippen LogP contribution in [-0.4, -0.2) is 45.7 Å². The number of hydrogen-bond donors (Lipinski definition) is 2. The first-order chi connectivity index (χ1) is 15.6. The van der Waals surface area contributed by atoms with E-state index in [0.717, 1.165) is 62.5 Å². The van der Waals surface area contributed by atoms with Gasteiger partial charge in [0.25, 0.3) is 0 Å². The van der Waals surface area contributed by atoms with E-state index < -0.39 is 0 Å². The van der Waals surface area contributed by atoms with Crippen LogP contribution in [0.3, 0.4) is 0 Å². The fourth-order valence-electron chi connectivity index (χ4n) is 4.52. The van der Waals surface area contributed by atoms with Crippen LogP contribution in [0, 0.1) is 6.92 Å². The van der Waals surface area contributed by atoms with E-state index in [1.165, 1.54) is 23.1 Å². The van der Waals surface area contributed by atoms with E-state index in [2.05, 4.69) is 47.2 Å². The van der Waals surface area contributed by atoms with Crippen LogP contribution in [0.2, 0.25) is 0 Å². The van der Waals surface area contributed by atoms with Crippen LogP contribution >= 0.6 is 0 Å². The van der Waals surface area contributed by atoms with Gasteiger partial charge in [-0.15, -0.1) is 0 Å². The molecule has 2 heterocycles. The van der Waals surface area contributed by atoms with Crippen molar-refractivity contribution in [3.05, 3.63) is 77.2 Å². The Hall–Kier alpha value is -2.76. The highest BCUT2D eigenvalue weighted by atomic mass is 16.3. The number of phenolic OH excluding ortho intramolecular Hbond substituents is 1. The van der Waals surface area contributed by atoms with Gasteiger partial charge in [0, 0.05) is 50.4 Å². The van der Waals surface area contributed by atoms with Crippen molar-refractivity contribution >= 4 is 0 Å². The fourth-order valence-corrected chi connectivity index (χ4v) is 4.52. The van der Waals surface area contributed by atoms with E-state index in [0.29, 0.717) is 11.8 Å². The standard InChI is InChI=1S/C27H34N4O/c1-3-23-18-28-14-15-31(23)19-22-11-10-20(2)25(17-22)26-12-13-29-27(30-26)9-5-7-21-6-4-8-24(32)16-21/h4,6,8,10-13,16-17,23,28,32H,3,5,7,9,14-15,18-19H2,1-2H3. The van der Waals surface area contributed by atoms with E-state index in [1.54, 1.807) is 6.07 Å². The molecule has 5 nitrogen and oxygen atoms in total.